The Bertz CT molecular complexity index is 371. The summed E-state index contributed by atoms with van der Waals surface area (Å²) in [5, 5.41) is 0. The molecule has 2 heteroatoms. The van der Waals surface area contributed by atoms with Gasteiger partial charge in [0.1, 0.15) is 0 Å². The van der Waals surface area contributed by atoms with Gasteiger partial charge < -0.3 is 4.43 Å². The summed E-state index contributed by atoms with van der Waals surface area (Å²) in [5.41, 5.74) is 1.20. The third-order valence-electron chi connectivity index (χ3n) is 1.95. The van der Waals surface area contributed by atoms with Crippen molar-refractivity contribution in [3.8, 4) is 0 Å². The summed E-state index contributed by atoms with van der Waals surface area (Å²) < 4.78 is 5.92. The first-order valence-corrected chi connectivity index (χ1v) is 9.00. The Labute approximate surface area is 99.6 Å². The van der Waals surface area contributed by atoms with E-state index in [1.165, 1.54) is 5.56 Å². The van der Waals surface area contributed by atoms with Gasteiger partial charge in [0.05, 0.1) is 5.76 Å². The Morgan fingerprint density at radius 1 is 1.12 bits per heavy atom. The fourth-order valence-corrected chi connectivity index (χ4v) is 2.18. The molecule has 0 bridgehead atoms. The van der Waals surface area contributed by atoms with Crippen molar-refractivity contribution in [2.45, 2.75) is 26.6 Å². The monoisotopic (exact) mass is 232 g/mol. The van der Waals surface area contributed by atoms with Gasteiger partial charge in [-0.1, -0.05) is 36.4 Å². The molecule has 0 radical (unpaired) electrons. The highest BCUT2D eigenvalue weighted by atomic mass is 28.4. The van der Waals surface area contributed by atoms with Crippen LogP contribution in [0.3, 0.4) is 0 Å². The van der Waals surface area contributed by atoms with Gasteiger partial charge in [-0.25, -0.2) is 0 Å². The average molecular weight is 232 g/mol. The number of benzene rings is 1. The Kier molecular flexibility index (Phi) is 4.56. The van der Waals surface area contributed by atoms with Gasteiger partial charge in [0.25, 0.3) is 0 Å². The first-order chi connectivity index (χ1) is 7.51. The lowest BCUT2D eigenvalue weighted by molar-refractivity contribution is 0.441. The maximum absolute atomic E-state index is 5.92. The topological polar surface area (TPSA) is 9.23 Å². The van der Waals surface area contributed by atoms with Gasteiger partial charge in [0, 0.05) is 0 Å². The molecule has 1 rings (SSSR count). The lowest BCUT2D eigenvalue weighted by atomic mass is 10.2. The molecule has 0 aromatic heterocycles. The number of hydrogen-bond donors (Lipinski definition) is 0. The van der Waals surface area contributed by atoms with Crippen LogP contribution in [0.15, 0.2) is 48.2 Å². The van der Waals surface area contributed by atoms with E-state index < -0.39 is 8.32 Å². The fraction of sp³-hybridized carbons (Fsp3) is 0.286. The van der Waals surface area contributed by atoms with Gasteiger partial charge >= 0.3 is 0 Å². The van der Waals surface area contributed by atoms with Crippen molar-refractivity contribution in [1.82, 2.24) is 0 Å². The third-order valence-corrected chi connectivity index (χ3v) is 2.80. The minimum Gasteiger partial charge on any atom is -0.545 e. The fourth-order valence-electron chi connectivity index (χ4n) is 1.29. The molecule has 16 heavy (non-hydrogen) atoms. The molecule has 0 aliphatic carbocycles. The van der Waals surface area contributed by atoms with Crippen molar-refractivity contribution < 1.29 is 4.43 Å². The molecule has 0 heterocycles. The molecule has 1 aromatic carbocycles. The second-order valence-electron chi connectivity index (χ2n) is 4.65. The van der Waals surface area contributed by atoms with Crippen molar-refractivity contribution >= 4 is 14.4 Å². The minimum absolute atomic E-state index is 0.961. The quantitative estimate of drug-likeness (QED) is 0.423. The van der Waals surface area contributed by atoms with Crippen molar-refractivity contribution in [2.24, 2.45) is 0 Å². The van der Waals surface area contributed by atoms with Crippen molar-refractivity contribution in [2.75, 3.05) is 0 Å². The number of allylic oxidation sites excluding steroid dienone is 2. The van der Waals surface area contributed by atoms with E-state index in [0.29, 0.717) is 0 Å². The average Bonchev–Trinajstić information content (AvgIpc) is 2.24. The molecule has 0 unspecified atom stereocenters. The van der Waals surface area contributed by atoms with Crippen molar-refractivity contribution in [3.63, 3.8) is 0 Å². The molecule has 1 aromatic rings. The van der Waals surface area contributed by atoms with Gasteiger partial charge in [0.2, 0.25) is 8.32 Å². The number of hydrogen-bond acceptors (Lipinski definition) is 1. The Hall–Kier alpha value is -1.28. The van der Waals surface area contributed by atoms with Crippen LogP contribution in [0, 0.1) is 0 Å². The predicted molar refractivity (Wildman–Crippen MR) is 73.7 cm³/mol. The van der Waals surface area contributed by atoms with Gasteiger partial charge in [-0.2, -0.15) is 0 Å². The van der Waals surface area contributed by atoms with Crippen molar-refractivity contribution in [3.05, 3.63) is 53.8 Å². The zero-order valence-electron chi connectivity index (χ0n) is 10.5. The van der Waals surface area contributed by atoms with E-state index in [9.17, 15) is 0 Å². The van der Waals surface area contributed by atoms with Gasteiger partial charge in [-0.15, -0.1) is 0 Å². The third kappa shape index (κ3) is 4.98. The molecule has 0 fully saturated rings. The van der Waals surface area contributed by atoms with Crippen LogP contribution in [0.5, 0.6) is 0 Å². The van der Waals surface area contributed by atoms with E-state index in [4.69, 9.17) is 4.43 Å². The summed E-state index contributed by atoms with van der Waals surface area (Å²) in [4.78, 5) is 0. The smallest absolute Gasteiger partial charge is 0.242 e. The molecule has 0 aliphatic heterocycles. The summed E-state index contributed by atoms with van der Waals surface area (Å²) in [6.07, 6.45) is 6.13. The molecule has 0 amide bonds. The van der Waals surface area contributed by atoms with Gasteiger partial charge in [0.15, 0.2) is 0 Å². The van der Waals surface area contributed by atoms with E-state index in [2.05, 4.69) is 37.8 Å². The van der Waals surface area contributed by atoms with E-state index in [0.717, 1.165) is 5.76 Å². The minimum atomic E-state index is -1.50. The second kappa shape index (κ2) is 5.71. The summed E-state index contributed by atoms with van der Waals surface area (Å²) in [6, 6.07) is 10.3. The molecule has 86 valence electrons. The Morgan fingerprint density at radius 3 is 2.25 bits per heavy atom. The second-order valence-corrected chi connectivity index (χ2v) is 9.08. The summed E-state index contributed by atoms with van der Waals surface area (Å²) in [7, 11) is -1.50. The van der Waals surface area contributed by atoms with Crippen LogP contribution in [0.25, 0.3) is 6.08 Å². The van der Waals surface area contributed by atoms with E-state index >= 15 is 0 Å². The van der Waals surface area contributed by atoms with Crippen LogP contribution in [-0.2, 0) is 4.43 Å². The van der Waals surface area contributed by atoms with Crippen LogP contribution >= 0.6 is 0 Å². The van der Waals surface area contributed by atoms with Gasteiger partial charge in [-0.3, -0.25) is 0 Å². The Morgan fingerprint density at radius 2 is 1.75 bits per heavy atom. The summed E-state index contributed by atoms with van der Waals surface area (Å²) in [5.74, 6) is 0.961. The molecular weight excluding hydrogens is 212 g/mol. The first-order valence-electron chi connectivity index (χ1n) is 5.60. The molecule has 0 N–H and O–H groups in total. The number of rotatable bonds is 4. The molecule has 0 saturated heterocycles. The predicted octanol–water partition coefficient (Wildman–Crippen LogP) is 4.46. The lowest BCUT2D eigenvalue weighted by Gasteiger charge is -2.19. The first kappa shape index (κ1) is 12.8. The highest BCUT2D eigenvalue weighted by Crippen LogP contribution is 2.13. The SMILES string of the molecule is CC=C(C=Cc1ccccc1)O[Si](C)(C)C. The standard InChI is InChI=1S/C14H20OSi/c1-5-14(15-16(2,3)4)12-11-13-9-7-6-8-10-13/h5-12H,1-4H3. The van der Waals surface area contributed by atoms with Crippen molar-refractivity contribution in [1.29, 1.82) is 0 Å². The molecule has 0 saturated carbocycles. The molecule has 0 spiro atoms. The van der Waals surface area contributed by atoms with Crippen LogP contribution in [0.4, 0.5) is 0 Å². The summed E-state index contributed by atoms with van der Waals surface area (Å²) >= 11 is 0. The highest BCUT2D eigenvalue weighted by Gasteiger charge is 2.15. The largest absolute Gasteiger partial charge is 0.545 e. The Balaban J connectivity index is 2.69. The van der Waals surface area contributed by atoms with Crippen LogP contribution in [0.2, 0.25) is 19.6 Å². The normalized spacial score (nSPS) is 13.1. The maximum Gasteiger partial charge on any atom is 0.242 e. The molecule has 1 nitrogen and oxygen atoms in total. The van der Waals surface area contributed by atoms with Crippen LogP contribution in [0.1, 0.15) is 12.5 Å². The summed E-state index contributed by atoms with van der Waals surface area (Å²) in [6.45, 7) is 8.57. The van der Waals surface area contributed by atoms with Crippen LogP contribution in [-0.4, -0.2) is 8.32 Å². The maximum atomic E-state index is 5.92. The van der Waals surface area contributed by atoms with E-state index in [1.54, 1.807) is 0 Å². The van der Waals surface area contributed by atoms with E-state index in [1.807, 2.05) is 37.3 Å². The van der Waals surface area contributed by atoms with Gasteiger partial charge in [-0.05, 0) is 44.3 Å². The highest BCUT2D eigenvalue weighted by molar-refractivity contribution is 6.70. The molecule has 0 atom stereocenters. The lowest BCUT2D eigenvalue weighted by Crippen LogP contribution is -2.24. The molecular formula is C14H20OSi. The van der Waals surface area contributed by atoms with Crippen LogP contribution < -0.4 is 0 Å². The van der Waals surface area contributed by atoms with E-state index in [-0.39, 0.29) is 0 Å². The zero-order valence-corrected chi connectivity index (χ0v) is 11.5. The zero-order chi connectivity index (χ0) is 12.0. The molecule has 0 aliphatic rings.